The molecule has 1 saturated heterocycles. The lowest BCUT2D eigenvalue weighted by molar-refractivity contribution is 0.0143. The first-order valence-electron chi connectivity index (χ1n) is 11.2. The summed E-state index contributed by atoms with van der Waals surface area (Å²) in [5, 5.41) is 3.03. The van der Waals surface area contributed by atoms with E-state index in [9.17, 15) is 4.79 Å². The highest BCUT2D eigenvalue weighted by molar-refractivity contribution is 5.89. The van der Waals surface area contributed by atoms with E-state index in [1.165, 1.54) is 5.56 Å². The quantitative estimate of drug-likeness (QED) is 0.584. The Labute approximate surface area is 186 Å². The minimum atomic E-state index is -0.0360. The van der Waals surface area contributed by atoms with Crippen molar-refractivity contribution in [1.82, 2.24) is 9.80 Å². The second-order valence-electron chi connectivity index (χ2n) is 8.17. The van der Waals surface area contributed by atoms with Crippen molar-refractivity contribution >= 4 is 11.7 Å². The van der Waals surface area contributed by atoms with Crippen LogP contribution in [0, 0.1) is 0 Å². The van der Waals surface area contributed by atoms with E-state index in [0.29, 0.717) is 19.8 Å². The van der Waals surface area contributed by atoms with Gasteiger partial charge in [-0.1, -0.05) is 42.5 Å². The maximum absolute atomic E-state index is 12.7. The topological polar surface area (TPSA) is 54.0 Å². The molecule has 168 valence electrons. The summed E-state index contributed by atoms with van der Waals surface area (Å²) >= 11 is 0. The van der Waals surface area contributed by atoms with E-state index in [1.807, 2.05) is 49.1 Å². The molecule has 0 spiro atoms. The number of ether oxygens (including phenoxy) is 2. The van der Waals surface area contributed by atoms with E-state index in [4.69, 9.17) is 9.47 Å². The van der Waals surface area contributed by atoms with Crippen LogP contribution in [0.3, 0.4) is 0 Å². The van der Waals surface area contributed by atoms with Gasteiger partial charge in [-0.25, -0.2) is 4.79 Å². The zero-order valence-electron chi connectivity index (χ0n) is 18.8. The van der Waals surface area contributed by atoms with Gasteiger partial charge in [-0.05, 0) is 43.5 Å². The summed E-state index contributed by atoms with van der Waals surface area (Å²) in [6.45, 7) is 10.0. The van der Waals surface area contributed by atoms with E-state index in [0.717, 1.165) is 50.4 Å². The SMILES string of the molecule is CC(C)OCCOCc1cccc(NC(=O)N2CCN(CCc3ccccc3)CC2)c1. The zero-order valence-corrected chi connectivity index (χ0v) is 18.8. The molecule has 3 rings (SSSR count). The highest BCUT2D eigenvalue weighted by Gasteiger charge is 2.21. The molecule has 1 N–H and O–H groups in total. The predicted octanol–water partition coefficient (Wildman–Crippen LogP) is 4.02. The van der Waals surface area contributed by atoms with Crippen LogP contribution in [0.25, 0.3) is 0 Å². The molecule has 0 saturated carbocycles. The van der Waals surface area contributed by atoms with Gasteiger partial charge in [0.05, 0.1) is 25.9 Å². The molecule has 31 heavy (non-hydrogen) atoms. The van der Waals surface area contributed by atoms with E-state index < -0.39 is 0 Å². The van der Waals surface area contributed by atoms with Gasteiger partial charge in [0, 0.05) is 38.4 Å². The number of rotatable bonds is 10. The van der Waals surface area contributed by atoms with Gasteiger partial charge in [-0.15, -0.1) is 0 Å². The van der Waals surface area contributed by atoms with Crippen molar-refractivity contribution < 1.29 is 14.3 Å². The van der Waals surface area contributed by atoms with Gasteiger partial charge in [-0.3, -0.25) is 4.90 Å². The van der Waals surface area contributed by atoms with Gasteiger partial charge in [-0.2, -0.15) is 0 Å². The average molecular weight is 426 g/mol. The summed E-state index contributed by atoms with van der Waals surface area (Å²) in [5.41, 5.74) is 3.20. The fraction of sp³-hybridized carbons (Fsp3) is 0.480. The third kappa shape index (κ3) is 8.32. The van der Waals surface area contributed by atoms with E-state index >= 15 is 0 Å². The Balaban J connectivity index is 1.37. The van der Waals surface area contributed by atoms with Crippen molar-refractivity contribution in [2.75, 3.05) is 51.3 Å². The molecule has 0 atom stereocenters. The Morgan fingerprint density at radius 1 is 0.968 bits per heavy atom. The molecule has 1 aliphatic heterocycles. The van der Waals surface area contributed by atoms with E-state index in [1.54, 1.807) is 0 Å². The first-order valence-corrected chi connectivity index (χ1v) is 11.2. The molecular weight excluding hydrogens is 390 g/mol. The standard InChI is InChI=1S/C25H35N3O3/c1-21(2)31-18-17-30-20-23-9-6-10-24(19-23)26-25(29)28-15-13-27(14-16-28)12-11-22-7-4-3-5-8-22/h3-10,19,21H,11-18,20H2,1-2H3,(H,26,29). The molecule has 1 fully saturated rings. The summed E-state index contributed by atoms with van der Waals surface area (Å²) in [7, 11) is 0. The number of urea groups is 1. The molecule has 2 aromatic carbocycles. The minimum absolute atomic E-state index is 0.0360. The van der Waals surface area contributed by atoms with Crippen LogP contribution in [0.5, 0.6) is 0 Å². The molecule has 1 aliphatic rings. The first-order chi connectivity index (χ1) is 15.1. The number of nitrogens with zero attached hydrogens (tertiary/aromatic N) is 2. The number of carbonyl (C=O) groups is 1. The number of anilines is 1. The Bertz CT molecular complexity index is 790. The summed E-state index contributed by atoms with van der Waals surface area (Å²) in [4.78, 5) is 17.0. The van der Waals surface area contributed by atoms with Crippen molar-refractivity contribution in [2.24, 2.45) is 0 Å². The van der Waals surface area contributed by atoms with Crippen LogP contribution < -0.4 is 5.32 Å². The minimum Gasteiger partial charge on any atom is -0.376 e. The Hall–Kier alpha value is -2.41. The van der Waals surface area contributed by atoms with Gasteiger partial charge in [0.2, 0.25) is 0 Å². The average Bonchev–Trinajstić information content (AvgIpc) is 2.78. The Morgan fingerprint density at radius 2 is 1.71 bits per heavy atom. The number of carbonyl (C=O) groups excluding carboxylic acids is 1. The third-order valence-corrected chi connectivity index (χ3v) is 5.34. The first kappa shape index (κ1) is 23.3. The van der Waals surface area contributed by atoms with Gasteiger partial charge >= 0.3 is 6.03 Å². The largest absolute Gasteiger partial charge is 0.376 e. The van der Waals surface area contributed by atoms with Gasteiger partial charge in [0.25, 0.3) is 0 Å². The summed E-state index contributed by atoms with van der Waals surface area (Å²) in [5.74, 6) is 0. The van der Waals surface area contributed by atoms with Crippen molar-refractivity contribution in [1.29, 1.82) is 0 Å². The predicted molar refractivity (Wildman–Crippen MR) is 124 cm³/mol. The Kier molecular flexibility index (Phi) is 9.34. The van der Waals surface area contributed by atoms with Gasteiger partial charge in [0.1, 0.15) is 0 Å². The molecule has 0 radical (unpaired) electrons. The fourth-order valence-corrected chi connectivity index (χ4v) is 3.58. The van der Waals surface area contributed by atoms with Gasteiger partial charge in [0.15, 0.2) is 0 Å². The number of piperazine rings is 1. The normalized spacial score (nSPS) is 14.7. The van der Waals surface area contributed by atoms with Crippen LogP contribution in [-0.2, 0) is 22.5 Å². The molecule has 0 bridgehead atoms. The smallest absolute Gasteiger partial charge is 0.321 e. The highest BCUT2D eigenvalue weighted by Crippen LogP contribution is 2.14. The maximum Gasteiger partial charge on any atom is 0.321 e. The van der Waals surface area contributed by atoms with Crippen molar-refractivity contribution in [3.63, 3.8) is 0 Å². The van der Waals surface area contributed by atoms with Crippen LogP contribution in [-0.4, -0.2) is 67.9 Å². The van der Waals surface area contributed by atoms with Crippen LogP contribution in [0.4, 0.5) is 10.5 Å². The molecule has 6 nitrogen and oxygen atoms in total. The van der Waals surface area contributed by atoms with Crippen molar-refractivity contribution in [2.45, 2.75) is 33.0 Å². The Morgan fingerprint density at radius 3 is 2.45 bits per heavy atom. The third-order valence-electron chi connectivity index (χ3n) is 5.34. The lowest BCUT2D eigenvalue weighted by atomic mass is 10.1. The summed E-state index contributed by atoms with van der Waals surface area (Å²) in [6, 6.07) is 18.4. The monoisotopic (exact) mass is 425 g/mol. The summed E-state index contributed by atoms with van der Waals surface area (Å²) in [6.07, 6.45) is 1.26. The molecule has 2 amide bonds. The molecule has 0 aromatic heterocycles. The maximum atomic E-state index is 12.7. The number of amides is 2. The fourth-order valence-electron chi connectivity index (χ4n) is 3.58. The highest BCUT2D eigenvalue weighted by atomic mass is 16.5. The van der Waals surface area contributed by atoms with E-state index in [-0.39, 0.29) is 12.1 Å². The molecule has 2 aromatic rings. The second-order valence-corrected chi connectivity index (χ2v) is 8.17. The molecule has 6 heteroatoms. The lowest BCUT2D eigenvalue weighted by Gasteiger charge is -2.34. The zero-order chi connectivity index (χ0) is 21.9. The molecular formula is C25H35N3O3. The number of nitrogens with one attached hydrogen (secondary N) is 1. The number of benzene rings is 2. The van der Waals surface area contributed by atoms with Crippen molar-refractivity contribution in [3.8, 4) is 0 Å². The molecule has 0 aliphatic carbocycles. The molecule has 1 heterocycles. The lowest BCUT2D eigenvalue weighted by Crippen LogP contribution is -2.50. The van der Waals surface area contributed by atoms with Gasteiger partial charge < -0.3 is 19.7 Å². The molecule has 0 unspecified atom stereocenters. The summed E-state index contributed by atoms with van der Waals surface area (Å²) < 4.78 is 11.1. The second kappa shape index (κ2) is 12.4. The van der Waals surface area contributed by atoms with Crippen molar-refractivity contribution in [3.05, 3.63) is 65.7 Å². The van der Waals surface area contributed by atoms with Crippen LogP contribution >= 0.6 is 0 Å². The van der Waals surface area contributed by atoms with Crippen LogP contribution in [0.2, 0.25) is 0 Å². The number of hydrogen-bond acceptors (Lipinski definition) is 4. The van der Waals surface area contributed by atoms with E-state index in [2.05, 4.69) is 34.5 Å². The van der Waals surface area contributed by atoms with Crippen LogP contribution in [0.1, 0.15) is 25.0 Å². The van der Waals surface area contributed by atoms with Crippen LogP contribution in [0.15, 0.2) is 54.6 Å². The number of hydrogen-bond donors (Lipinski definition) is 1.